The second-order valence-electron chi connectivity index (χ2n) is 6.38. The number of nitrogens with one attached hydrogen (secondary N) is 1. The van der Waals surface area contributed by atoms with Crippen molar-refractivity contribution in [1.29, 1.82) is 0 Å². The number of rotatable bonds is 4. The van der Waals surface area contributed by atoms with E-state index in [0.29, 0.717) is 19.4 Å². The number of nitrogens with zero attached hydrogens (tertiary/aromatic N) is 2. The zero-order valence-electron chi connectivity index (χ0n) is 12.4. The Hall–Kier alpha value is -2.12. The quantitative estimate of drug-likeness (QED) is 0.698. The average Bonchev–Trinajstić information content (AvgIpc) is 3.15. The molecule has 8 nitrogen and oxygen atoms in total. The van der Waals surface area contributed by atoms with Gasteiger partial charge in [0.2, 0.25) is 5.91 Å². The number of hydrogen-bond acceptors (Lipinski definition) is 4. The molecule has 0 radical (unpaired) electrons. The molecule has 0 aromatic heterocycles. The van der Waals surface area contributed by atoms with Crippen LogP contribution in [0.4, 0.5) is 4.79 Å². The highest BCUT2D eigenvalue weighted by Crippen LogP contribution is 2.42. The number of aliphatic carboxylic acids is 1. The zero-order chi connectivity index (χ0) is 16.1. The Morgan fingerprint density at radius 1 is 1.32 bits per heavy atom. The van der Waals surface area contributed by atoms with Crippen LogP contribution < -0.4 is 5.32 Å². The van der Waals surface area contributed by atoms with E-state index in [1.807, 2.05) is 0 Å². The van der Waals surface area contributed by atoms with Crippen molar-refractivity contribution in [3.8, 4) is 0 Å². The Morgan fingerprint density at radius 3 is 2.59 bits per heavy atom. The third-order valence-electron chi connectivity index (χ3n) is 4.85. The van der Waals surface area contributed by atoms with Crippen LogP contribution in [0.1, 0.15) is 32.6 Å². The second-order valence-corrected chi connectivity index (χ2v) is 6.38. The smallest absolute Gasteiger partial charge is 0.326 e. The maximum atomic E-state index is 12.4. The first-order valence-electron chi connectivity index (χ1n) is 7.51. The molecule has 2 saturated heterocycles. The van der Waals surface area contributed by atoms with Crippen molar-refractivity contribution in [2.45, 2.75) is 44.2 Å². The summed E-state index contributed by atoms with van der Waals surface area (Å²) in [7, 11) is 0. The van der Waals surface area contributed by atoms with Crippen LogP contribution in [0.25, 0.3) is 0 Å². The van der Waals surface area contributed by atoms with E-state index in [9.17, 15) is 19.2 Å². The lowest BCUT2D eigenvalue weighted by Gasteiger charge is -2.24. The summed E-state index contributed by atoms with van der Waals surface area (Å²) in [5.74, 6) is -1.80. The number of imide groups is 1. The molecule has 3 fully saturated rings. The van der Waals surface area contributed by atoms with Gasteiger partial charge < -0.3 is 15.3 Å². The fraction of sp³-hybridized carbons (Fsp3) is 0.714. The molecule has 8 heteroatoms. The van der Waals surface area contributed by atoms with Crippen LogP contribution in [0.3, 0.4) is 0 Å². The summed E-state index contributed by atoms with van der Waals surface area (Å²) in [6.07, 6.45) is 2.79. The molecular formula is C14H19N3O5. The van der Waals surface area contributed by atoms with Crippen molar-refractivity contribution in [3.63, 3.8) is 0 Å². The minimum absolute atomic E-state index is 0.127. The molecule has 2 atom stereocenters. The number of hydrogen-bond donors (Lipinski definition) is 2. The fourth-order valence-corrected chi connectivity index (χ4v) is 3.34. The summed E-state index contributed by atoms with van der Waals surface area (Å²) in [5.41, 5.74) is -0.922. The van der Waals surface area contributed by atoms with Crippen molar-refractivity contribution < 1.29 is 24.3 Å². The van der Waals surface area contributed by atoms with Crippen molar-refractivity contribution in [1.82, 2.24) is 15.1 Å². The first-order chi connectivity index (χ1) is 10.3. The van der Waals surface area contributed by atoms with Crippen molar-refractivity contribution in [2.75, 3.05) is 13.1 Å². The van der Waals surface area contributed by atoms with Crippen molar-refractivity contribution in [3.05, 3.63) is 0 Å². The Kier molecular flexibility index (Phi) is 3.34. The van der Waals surface area contributed by atoms with Crippen molar-refractivity contribution >= 4 is 23.8 Å². The molecule has 1 saturated carbocycles. The molecule has 0 aromatic rings. The average molecular weight is 309 g/mol. The largest absolute Gasteiger partial charge is 0.480 e. The van der Waals surface area contributed by atoms with Gasteiger partial charge in [0, 0.05) is 6.54 Å². The molecule has 0 aromatic carbocycles. The van der Waals surface area contributed by atoms with Gasteiger partial charge in [0.15, 0.2) is 0 Å². The number of amides is 4. The highest BCUT2D eigenvalue weighted by Gasteiger charge is 2.56. The topological polar surface area (TPSA) is 107 Å². The zero-order valence-corrected chi connectivity index (χ0v) is 12.4. The second kappa shape index (κ2) is 4.96. The summed E-state index contributed by atoms with van der Waals surface area (Å²) >= 11 is 0. The number of carboxylic acid groups (broad SMARTS) is 1. The minimum atomic E-state index is -1.05. The maximum absolute atomic E-state index is 12.4. The molecule has 0 spiro atoms. The molecule has 2 heterocycles. The lowest BCUT2D eigenvalue weighted by molar-refractivity contribution is -0.149. The SMILES string of the molecule is CC1(C2CC2)NC(=O)N(CC(=O)N2CCC[C@H]2C(=O)O)C1=O. The van der Waals surface area contributed by atoms with Crippen LogP contribution in [-0.2, 0) is 14.4 Å². The van der Waals surface area contributed by atoms with Gasteiger partial charge in [0.05, 0.1) is 0 Å². The molecule has 0 bridgehead atoms. The van der Waals surface area contributed by atoms with Crippen LogP contribution in [0.15, 0.2) is 0 Å². The molecule has 2 aliphatic heterocycles. The van der Waals surface area contributed by atoms with Gasteiger partial charge >= 0.3 is 12.0 Å². The molecular weight excluding hydrogens is 290 g/mol. The summed E-state index contributed by atoms with van der Waals surface area (Å²) in [4.78, 5) is 50.0. The minimum Gasteiger partial charge on any atom is -0.480 e. The maximum Gasteiger partial charge on any atom is 0.326 e. The number of urea groups is 1. The van der Waals surface area contributed by atoms with E-state index in [-0.39, 0.29) is 11.8 Å². The Labute approximate surface area is 127 Å². The summed E-state index contributed by atoms with van der Waals surface area (Å²) in [6, 6.07) is -1.43. The van der Waals surface area contributed by atoms with E-state index < -0.39 is 36.0 Å². The fourth-order valence-electron chi connectivity index (χ4n) is 3.34. The summed E-state index contributed by atoms with van der Waals surface area (Å²) in [5, 5.41) is 11.8. The number of carbonyl (C=O) groups excluding carboxylic acids is 3. The molecule has 4 amide bonds. The van der Waals surface area contributed by atoms with E-state index in [1.54, 1.807) is 6.92 Å². The van der Waals surface area contributed by atoms with Gasteiger partial charge in [-0.25, -0.2) is 9.59 Å². The summed E-state index contributed by atoms with van der Waals surface area (Å²) < 4.78 is 0. The Morgan fingerprint density at radius 2 is 2.00 bits per heavy atom. The van der Waals surface area contributed by atoms with Gasteiger partial charge in [-0.15, -0.1) is 0 Å². The van der Waals surface area contributed by atoms with Gasteiger partial charge in [-0.05, 0) is 38.5 Å². The molecule has 3 rings (SSSR count). The van der Waals surface area contributed by atoms with E-state index in [1.165, 1.54) is 4.90 Å². The first kappa shape index (κ1) is 14.8. The number of carboxylic acids is 1. The third kappa shape index (κ3) is 2.22. The van der Waals surface area contributed by atoms with Gasteiger partial charge in [0.1, 0.15) is 18.1 Å². The van der Waals surface area contributed by atoms with E-state index in [0.717, 1.165) is 17.7 Å². The molecule has 1 aliphatic carbocycles. The van der Waals surface area contributed by atoms with Crippen LogP contribution in [0.5, 0.6) is 0 Å². The van der Waals surface area contributed by atoms with E-state index >= 15 is 0 Å². The van der Waals surface area contributed by atoms with Gasteiger partial charge in [0.25, 0.3) is 5.91 Å². The van der Waals surface area contributed by atoms with Gasteiger partial charge in [-0.2, -0.15) is 0 Å². The van der Waals surface area contributed by atoms with Crippen LogP contribution in [0.2, 0.25) is 0 Å². The lowest BCUT2D eigenvalue weighted by atomic mass is 9.96. The van der Waals surface area contributed by atoms with Gasteiger partial charge in [-0.3, -0.25) is 14.5 Å². The first-order valence-corrected chi connectivity index (χ1v) is 7.51. The third-order valence-corrected chi connectivity index (χ3v) is 4.85. The van der Waals surface area contributed by atoms with E-state index in [2.05, 4.69) is 5.32 Å². The highest BCUT2D eigenvalue weighted by molar-refractivity contribution is 6.09. The molecule has 2 N–H and O–H groups in total. The van der Waals surface area contributed by atoms with Crippen LogP contribution in [0, 0.1) is 5.92 Å². The highest BCUT2D eigenvalue weighted by atomic mass is 16.4. The standard InChI is InChI=1S/C14H19N3O5/c1-14(8-4-5-8)12(21)17(13(22)15-14)7-10(18)16-6-2-3-9(16)11(19)20/h8-9H,2-7H2,1H3,(H,15,22)(H,19,20)/t9-,14?/m0/s1. The van der Waals surface area contributed by atoms with E-state index in [4.69, 9.17) is 5.11 Å². The Balaban J connectivity index is 1.70. The number of carbonyl (C=O) groups is 4. The van der Waals surface area contributed by atoms with Crippen LogP contribution in [-0.4, -0.2) is 63.4 Å². The monoisotopic (exact) mass is 309 g/mol. The van der Waals surface area contributed by atoms with Crippen molar-refractivity contribution in [2.24, 2.45) is 5.92 Å². The molecule has 3 aliphatic rings. The van der Waals surface area contributed by atoms with Crippen LogP contribution >= 0.6 is 0 Å². The predicted molar refractivity (Wildman–Crippen MR) is 73.7 cm³/mol. The lowest BCUT2D eigenvalue weighted by Crippen LogP contribution is -2.48. The van der Waals surface area contributed by atoms with Gasteiger partial charge in [-0.1, -0.05) is 0 Å². The Bertz CT molecular complexity index is 559. The normalized spacial score (nSPS) is 31.6. The number of likely N-dealkylation sites (tertiary alicyclic amines) is 1. The molecule has 120 valence electrons. The predicted octanol–water partition coefficient (Wildman–Crippen LogP) is -0.217. The molecule has 22 heavy (non-hydrogen) atoms. The summed E-state index contributed by atoms with van der Waals surface area (Å²) in [6.45, 7) is 1.64. The molecule has 1 unspecified atom stereocenters.